The van der Waals surface area contributed by atoms with Crippen molar-refractivity contribution in [3.8, 4) is 10.1 Å². The zero-order valence-corrected chi connectivity index (χ0v) is 9.57. The Morgan fingerprint density at radius 2 is 2.00 bits per heavy atom. The third-order valence-electron chi connectivity index (χ3n) is 1.73. The van der Waals surface area contributed by atoms with Gasteiger partial charge in [-0.15, -0.1) is 0 Å². The summed E-state index contributed by atoms with van der Waals surface area (Å²) < 4.78 is 0.983. The molecule has 0 amide bonds. The first-order chi connectivity index (χ1) is 6.79. The van der Waals surface area contributed by atoms with Gasteiger partial charge in [0.2, 0.25) is 0 Å². The van der Waals surface area contributed by atoms with Gasteiger partial charge in [-0.25, -0.2) is 0 Å². The summed E-state index contributed by atoms with van der Waals surface area (Å²) in [6.45, 7) is 0. The SMILES string of the molecule is O=Cc1c[se]c(-c2ccc(Cl)cc2)n1. The first kappa shape index (κ1) is 9.66. The molecule has 0 bridgehead atoms. The molecule has 0 aliphatic heterocycles. The second kappa shape index (κ2) is 4.09. The Hall–Kier alpha value is -0.891. The van der Waals surface area contributed by atoms with Crippen LogP contribution in [0.3, 0.4) is 0 Å². The summed E-state index contributed by atoms with van der Waals surface area (Å²) in [6.07, 6.45) is 0.782. The number of hydrogen-bond donors (Lipinski definition) is 0. The molecule has 14 heavy (non-hydrogen) atoms. The van der Waals surface area contributed by atoms with E-state index in [-0.39, 0.29) is 14.5 Å². The summed E-state index contributed by atoms with van der Waals surface area (Å²) in [6, 6.07) is 7.50. The normalized spacial score (nSPS) is 10.1. The van der Waals surface area contributed by atoms with E-state index in [4.69, 9.17) is 11.6 Å². The zero-order valence-electron chi connectivity index (χ0n) is 7.11. The van der Waals surface area contributed by atoms with E-state index in [1.165, 1.54) is 0 Å². The van der Waals surface area contributed by atoms with Gasteiger partial charge in [-0.3, -0.25) is 0 Å². The van der Waals surface area contributed by atoms with Crippen LogP contribution in [0.15, 0.2) is 29.2 Å². The van der Waals surface area contributed by atoms with E-state index >= 15 is 0 Å². The average Bonchev–Trinajstić information content (AvgIpc) is 2.67. The molecule has 0 saturated carbocycles. The molecule has 0 aliphatic rings. The third kappa shape index (κ3) is 1.95. The monoisotopic (exact) mass is 271 g/mol. The number of carbonyl (C=O) groups is 1. The van der Waals surface area contributed by atoms with Crippen molar-refractivity contribution in [2.75, 3.05) is 0 Å². The Morgan fingerprint density at radius 1 is 1.29 bits per heavy atom. The van der Waals surface area contributed by atoms with Crippen LogP contribution in [-0.2, 0) is 0 Å². The van der Waals surface area contributed by atoms with Crippen molar-refractivity contribution in [1.82, 2.24) is 4.98 Å². The fraction of sp³-hybridized carbons (Fsp3) is 0. The predicted octanol–water partition coefficient (Wildman–Crippen LogP) is 2.27. The fourth-order valence-corrected chi connectivity index (χ4v) is 2.81. The fourth-order valence-electron chi connectivity index (χ4n) is 1.07. The van der Waals surface area contributed by atoms with E-state index in [1.807, 2.05) is 29.2 Å². The van der Waals surface area contributed by atoms with Gasteiger partial charge in [-0.1, -0.05) is 0 Å². The number of halogens is 1. The third-order valence-corrected chi connectivity index (χ3v) is 3.89. The summed E-state index contributed by atoms with van der Waals surface area (Å²) in [7, 11) is 0. The van der Waals surface area contributed by atoms with Crippen LogP contribution in [0.4, 0.5) is 0 Å². The van der Waals surface area contributed by atoms with E-state index in [0.29, 0.717) is 10.7 Å². The van der Waals surface area contributed by atoms with Crippen molar-refractivity contribution in [3.05, 3.63) is 39.9 Å². The summed E-state index contributed by atoms with van der Waals surface area (Å²) in [5, 5.41) is 0.711. The number of rotatable bonds is 2. The second-order valence-corrected chi connectivity index (χ2v) is 4.94. The Kier molecular flexibility index (Phi) is 2.82. The summed E-state index contributed by atoms with van der Waals surface area (Å²) in [5.41, 5.74) is 1.58. The molecule has 0 fully saturated rings. The molecule has 0 unspecified atom stereocenters. The number of aromatic nitrogens is 1. The molecule has 0 N–H and O–H groups in total. The van der Waals surface area contributed by atoms with Crippen molar-refractivity contribution >= 4 is 32.4 Å². The number of nitrogens with zero attached hydrogens (tertiary/aromatic N) is 1. The second-order valence-electron chi connectivity index (χ2n) is 2.70. The Balaban J connectivity index is 2.39. The molecule has 0 radical (unpaired) electrons. The summed E-state index contributed by atoms with van der Waals surface area (Å²) in [4.78, 5) is 16.5. The van der Waals surface area contributed by atoms with Gasteiger partial charge in [0.25, 0.3) is 0 Å². The van der Waals surface area contributed by atoms with Crippen LogP contribution in [0.1, 0.15) is 10.5 Å². The van der Waals surface area contributed by atoms with Crippen molar-refractivity contribution in [3.63, 3.8) is 0 Å². The molecule has 2 nitrogen and oxygen atoms in total. The van der Waals surface area contributed by atoms with Crippen molar-refractivity contribution in [2.24, 2.45) is 0 Å². The average molecular weight is 271 g/mol. The standard InChI is InChI=1S/C10H6ClNOSe/c11-8-3-1-7(2-4-8)10-12-9(5-13)6-14-10/h1-6H. The van der Waals surface area contributed by atoms with Gasteiger partial charge in [-0.2, -0.15) is 0 Å². The van der Waals surface area contributed by atoms with Gasteiger partial charge >= 0.3 is 92.2 Å². The molecular formula is C10H6ClNOSe. The van der Waals surface area contributed by atoms with Crippen LogP contribution in [0.2, 0.25) is 5.02 Å². The molecule has 1 aromatic heterocycles. The van der Waals surface area contributed by atoms with Gasteiger partial charge < -0.3 is 0 Å². The minimum absolute atomic E-state index is 0.171. The van der Waals surface area contributed by atoms with Crippen LogP contribution < -0.4 is 0 Å². The summed E-state index contributed by atoms with van der Waals surface area (Å²) >= 11 is 5.94. The Labute approximate surface area is 92.3 Å². The molecule has 0 atom stereocenters. The topological polar surface area (TPSA) is 30.0 Å². The van der Waals surface area contributed by atoms with Gasteiger partial charge in [0.1, 0.15) is 0 Å². The molecule has 1 aromatic carbocycles. The van der Waals surface area contributed by atoms with Crippen LogP contribution in [0, 0.1) is 0 Å². The van der Waals surface area contributed by atoms with Crippen LogP contribution in [0.25, 0.3) is 10.1 Å². The molecule has 0 spiro atoms. The number of hydrogen-bond acceptors (Lipinski definition) is 2. The van der Waals surface area contributed by atoms with Gasteiger partial charge in [0.15, 0.2) is 0 Å². The molecular weight excluding hydrogens is 265 g/mol. The Morgan fingerprint density at radius 3 is 2.57 bits per heavy atom. The van der Waals surface area contributed by atoms with Crippen LogP contribution in [-0.4, -0.2) is 25.8 Å². The van der Waals surface area contributed by atoms with Gasteiger partial charge in [0.05, 0.1) is 0 Å². The van der Waals surface area contributed by atoms with Crippen molar-refractivity contribution in [2.45, 2.75) is 0 Å². The first-order valence-corrected chi connectivity index (χ1v) is 6.18. The molecule has 0 saturated heterocycles. The van der Waals surface area contributed by atoms with E-state index in [1.54, 1.807) is 0 Å². The molecule has 1 heterocycles. The maximum absolute atomic E-state index is 10.5. The Bertz CT molecular complexity index is 449. The van der Waals surface area contributed by atoms with Crippen molar-refractivity contribution in [1.29, 1.82) is 0 Å². The minimum atomic E-state index is 0.171. The van der Waals surface area contributed by atoms with Gasteiger partial charge in [-0.05, 0) is 0 Å². The molecule has 0 aliphatic carbocycles. The number of carbonyl (C=O) groups excluding carboxylic acids is 1. The van der Waals surface area contributed by atoms with E-state index < -0.39 is 0 Å². The quantitative estimate of drug-likeness (QED) is 0.619. The molecule has 4 heteroatoms. The van der Waals surface area contributed by atoms with Crippen LogP contribution in [0.5, 0.6) is 0 Å². The van der Waals surface area contributed by atoms with E-state index in [0.717, 1.165) is 16.4 Å². The van der Waals surface area contributed by atoms with E-state index in [9.17, 15) is 4.79 Å². The molecule has 2 rings (SSSR count). The molecule has 2 aromatic rings. The first-order valence-electron chi connectivity index (χ1n) is 3.96. The number of aldehydes is 1. The maximum atomic E-state index is 10.5. The zero-order chi connectivity index (χ0) is 9.97. The van der Waals surface area contributed by atoms with E-state index in [2.05, 4.69) is 4.98 Å². The number of benzene rings is 1. The predicted molar refractivity (Wildman–Crippen MR) is 57.0 cm³/mol. The molecule has 70 valence electrons. The van der Waals surface area contributed by atoms with Gasteiger partial charge in [0, 0.05) is 0 Å². The van der Waals surface area contributed by atoms with Crippen molar-refractivity contribution < 1.29 is 4.79 Å². The van der Waals surface area contributed by atoms with Crippen LogP contribution >= 0.6 is 11.6 Å². The summed E-state index contributed by atoms with van der Waals surface area (Å²) in [5.74, 6) is 0.